The van der Waals surface area contributed by atoms with E-state index in [-0.39, 0.29) is 8.81 Å². The summed E-state index contributed by atoms with van der Waals surface area (Å²) in [5.41, 5.74) is 21.9. The first kappa shape index (κ1) is 15.7. The van der Waals surface area contributed by atoms with Gasteiger partial charge in [-0.15, -0.1) is 18.4 Å². The molecular weight excluding hydrogens is 132 g/mol. The molecule has 0 aromatic heterocycles. The van der Waals surface area contributed by atoms with E-state index in [4.69, 9.17) is 22.5 Å². The van der Waals surface area contributed by atoms with E-state index >= 15 is 0 Å². The van der Waals surface area contributed by atoms with Crippen LogP contribution in [0.15, 0.2) is 4.99 Å². The van der Waals surface area contributed by atoms with Crippen LogP contribution < -0.4 is 11.5 Å². The van der Waals surface area contributed by atoms with Gasteiger partial charge in [0.15, 0.2) is 5.96 Å². The molecule has 0 aliphatic carbocycles. The first-order valence-corrected chi connectivity index (χ1v) is 2.01. The first-order chi connectivity index (χ1) is 4.68. The van der Waals surface area contributed by atoms with Gasteiger partial charge in [-0.25, -0.2) is 0 Å². The summed E-state index contributed by atoms with van der Waals surface area (Å²) in [6.45, 7) is 0. The number of hydrogen-bond acceptors (Lipinski definition) is 2. The Bertz CT molecular complexity index is 132. The van der Waals surface area contributed by atoms with Crippen molar-refractivity contribution < 1.29 is 2.85 Å². The summed E-state index contributed by atoms with van der Waals surface area (Å²) >= 11 is 0. The predicted octanol–water partition coefficient (Wildman–Crippen LogP) is 0.506. The summed E-state index contributed by atoms with van der Waals surface area (Å²) in [6.07, 6.45) is 8.00. The molecule has 0 radical (unpaired) electrons. The average Bonchev–Trinajstić information content (AvgIpc) is 1.94. The van der Waals surface area contributed by atoms with Gasteiger partial charge in [0.1, 0.15) is 0 Å². The number of aliphatic imine (C=N–C) groups is 1. The Hall–Kier alpha value is -1.86. The number of rotatable bonds is 0. The van der Waals surface area contributed by atoms with E-state index in [0.717, 1.165) is 0 Å². The minimum absolute atomic E-state index is 0. The van der Waals surface area contributed by atoms with Crippen LogP contribution in [0, 0.1) is 18.4 Å². The Kier molecular flexibility index (Phi) is 42.9. The van der Waals surface area contributed by atoms with E-state index in [0.29, 0.717) is 0 Å². The quantitative estimate of drug-likeness (QED) is 0.115. The molecule has 5 N–H and O–H groups in total. The van der Waals surface area contributed by atoms with E-state index in [2.05, 4.69) is 17.8 Å². The van der Waals surface area contributed by atoms with Crippen LogP contribution in [0.25, 0.3) is 10.4 Å². The zero-order valence-electron chi connectivity index (χ0n) is 5.65. The lowest BCUT2D eigenvalue weighted by Crippen LogP contribution is -2.21. The van der Waals surface area contributed by atoms with Crippen molar-refractivity contribution in [2.24, 2.45) is 16.5 Å². The monoisotopic (exact) mass is 146 g/mol. The number of hydrogen-bond donors (Lipinski definition) is 3. The minimum atomic E-state index is 0. The van der Waals surface area contributed by atoms with Gasteiger partial charge >= 0.3 is 0 Å². The number of nitrogens with two attached hydrogens (primary N) is 2. The van der Waals surface area contributed by atoms with E-state index in [1.807, 2.05) is 0 Å². The van der Waals surface area contributed by atoms with E-state index in [1.165, 1.54) is 7.05 Å². The normalized spacial score (nSPS) is 4.30. The largest absolute Gasteiger partial charge is 0.370 e. The lowest BCUT2D eigenvalue weighted by atomic mass is 11.1. The van der Waals surface area contributed by atoms with Gasteiger partial charge in [0, 0.05) is 9.90 Å². The van der Waals surface area contributed by atoms with Crippen LogP contribution in [0.2, 0.25) is 0 Å². The summed E-state index contributed by atoms with van der Waals surface area (Å²) < 4.78 is 0. The molecule has 0 aliphatic heterocycles. The molecule has 0 saturated carbocycles. The summed E-state index contributed by atoms with van der Waals surface area (Å²) in [6, 6.07) is 0. The highest BCUT2D eigenvalue weighted by molar-refractivity contribution is 5.75. The van der Waals surface area contributed by atoms with Crippen molar-refractivity contribution in [2.75, 3.05) is 7.05 Å². The summed E-state index contributed by atoms with van der Waals surface area (Å²) in [7, 11) is 1.54. The standard InChI is InChI=1S/C2H7N3.C2H2.HN3.2H2/c1-5-2(3)4;1-2;1-3-2;;/h1H3,(H4,3,4,5);1-2H;1H;2*1H. The highest BCUT2D eigenvalue weighted by Gasteiger charge is 1.61. The Morgan fingerprint density at radius 1 is 1.70 bits per heavy atom. The van der Waals surface area contributed by atoms with Gasteiger partial charge < -0.3 is 11.5 Å². The molecule has 6 heteroatoms. The first-order valence-electron chi connectivity index (χ1n) is 2.01. The Morgan fingerprint density at radius 2 is 1.80 bits per heavy atom. The number of nitrogens with one attached hydrogen (secondary N) is 1. The lowest BCUT2D eigenvalue weighted by Gasteiger charge is -1.77. The summed E-state index contributed by atoms with van der Waals surface area (Å²) in [4.78, 5) is 5.11. The SMILES string of the molecule is C#C.CN=C(N)N.[HH].[HH].[N-]=[N+]=N. The second-order valence-electron chi connectivity index (χ2n) is 0.748. The van der Waals surface area contributed by atoms with Crippen LogP contribution in [0.1, 0.15) is 2.85 Å². The van der Waals surface area contributed by atoms with Crippen molar-refractivity contribution in [3.8, 4) is 12.8 Å². The fraction of sp³-hybridized carbons (Fsp3) is 0.250. The third kappa shape index (κ3) is 8280. The van der Waals surface area contributed by atoms with Gasteiger partial charge in [-0.3, -0.25) is 4.99 Å². The molecule has 0 saturated heterocycles. The molecule has 0 aromatic carbocycles. The topological polar surface area (TPSA) is 125 Å². The summed E-state index contributed by atoms with van der Waals surface area (Å²) in [5, 5.41) is 0. The molecular formula is C4H14N6. The second kappa shape index (κ2) is 27.3. The van der Waals surface area contributed by atoms with Gasteiger partial charge in [0.05, 0.1) is 0 Å². The Balaban J connectivity index is -0.0000000209. The van der Waals surface area contributed by atoms with Crippen molar-refractivity contribution >= 4 is 5.96 Å². The van der Waals surface area contributed by atoms with Gasteiger partial charge in [-0.2, -0.15) is 0 Å². The van der Waals surface area contributed by atoms with Crippen LogP contribution in [0.4, 0.5) is 0 Å². The van der Waals surface area contributed by atoms with Gasteiger partial charge in [-0.1, -0.05) is 0 Å². The van der Waals surface area contributed by atoms with Crippen molar-refractivity contribution in [2.45, 2.75) is 0 Å². The zero-order valence-corrected chi connectivity index (χ0v) is 5.65. The molecule has 0 bridgehead atoms. The minimum Gasteiger partial charge on any atom is -0.370 e. The molecule has 0 aliphatic rings. The fourth-order valence-corrected chi connectivity index (χ4v) is 0. The van der Waals surface area contributed by atoms with Gasteiger partial charge in [-0.05, 0) is 10.4 Å². The van der Waals surface area contributed by atoms with Crippen molar-refractivity contribution in [3.05, 3.63) is 10.4 Å². The second-order valence-corrected chi connectivity index (χ2v) is 0.748. The zero-order chi connectivity index (χ0) is 8.99. The smallest absolute Gasteiger partial charge is 0.185 e. The Labute approximate surface area is 62.3 Å². The average molecular weight is 146 g/mol. The maximum absolute atomic E-state index is 6.86. The molecule has 0 spiro atoms. The van der Waals surface area contributed by atoms with Crippen LogP contribution in [0.3, 0.4) is 0 Å². The van der Waals surface area contributed by atoms with Crippen molar-refractivity contribution in [3.63, 3.8) is 0 Å². The molecule has 10 heavy (non-hydrogen) atoms. The van der Waals surface area contributed by atoms with Crippen molar-refractivity contribution in [1.82, 2.24) is 0 Å². The molecule has 0 atom stereocenters. The number of terminal acetylenes is 1. The predicted molar refractivity (Wildman–Crippen MR) is 45.3 cm³/mol. The van der Waals surface area contributed by atoms with E-state index in [9.17, 15) is 0 Å². The van der Waals surface area contributed by atoms with Crippen molar-refractivity contribution in [1.29, 1.82) is 5.53 Å². The molecule has 0 unspecified atom stereocenters. The Morgan fingerprint density at radius 3 is 1.80 bits per heavy atom. The molecule has 0 heterocycles. The number of guanidine groups is 1. The van der Waals surface area contributed by atoms with E-state index < -0.39 is 0 Å². The molecule has 0 aromatic rings. The summed E-state index contributed by atoms with van der Waals surface area (Å²) in [5.74, 6) is 0.130. The van der Waals surface area contributed by atoms with Gasteiger partial charge in [0.25, 0.3) is 0 Å². The van der Waals surface area contributed by atoms with Crippen LogP contribution in [-0.2, 0) is 0 Å². The molecule has 0 rings (SSSR count). The molecule has 60 valence electrons. The maximum Gasteiger partial charge on any atom is 0.185 e. The van der Waals surface area contributed by atoms with Crippen LogP contribution >= 0.6 is 0 Å². The van der Waals surface area contributed by atoms with E-state index in [1.54, 1.807) is 4.91 Å². The fourth-order valence-electron chi connectivity index (χ4n) is 0. The maximum atomic E-state index is 6.86. The van der Waals surface area contributed by atoms with Crippen LogP contribution in [-0.4, -0.2) is 13.0 Å². The third-order valence-corrected chi connectivity index (χ3v) is 0.258. The molecule has 0 amide bonds. The number of nitrogens with zero attached hydrogens (tertiary/aromatic N) is 3. The van der Waals surface area contributed by atoms with Gasteiger partial charge in [0.2, 0.25) is 0 Å². The molecule has 0 fully saturated rings. The highest BCUT2D eigenvalue weighted by Crippen LogP contribution is 1.40. The van der Waals surface area contributed by atoms with Crippen LogP contribution in [0.5, 0.6) is 0 Å². The third-order valence-electron chi connectivity index (χ3n) is 0.258. The molecule has 6 nitrogen and oxygen atoms in total. The lowest BCUT2D eigenvalue weighted by molar-refractivity contribution is 1.36. The highest BCUT2D eigenvalue weighted by atomic mass is 15.0.